The fourth-order valence-corrected chi connectivity index (χ4v) is 2.03. The lowest BCUT2D eigenvalue weighted by Crippen LogP contribution is -2.32. The van der Waals surface area contributed by atoms with Crippen LogP contribution in [0.5, 0.6) is 0 Å². The zero-order chi connectivity index (χ0) is 11.8. The Morgan fingerprint density at radius 3 is 2.27 bits per heavy atom. The summed E-state index contributed by atoms with van der Waals surface area (Å²) in [5, 5.41) is 8.64. The number of thioether (sulfide) groups is 1. The average Bonchev–Trinajstić information content (AvgIpc) is 2.19. The van der Waals surface area contributed by atoms with Gasteiger partial charge in [-0.05, 0) is 13.8 Å². The summed E-state index contributed by atoms with van der Waals surface area (Å²) < 4.78 is 0. The van der Waals surface area contributed by atoms with E-state index in [4.69, 9.17) is 5.11 Å². The average molecular weight is 233 g/mol. The summed E-state index contributed by atoms with van der Waals surface area (Å²) in [6.45, 7) is 6.95. The molecule has 0 saturated carbocycles. The van der Waals surface area contributed by atoms with Gasteiger partial charge in [-0.25, -0.2) is 0 Å². The van der Waals surface area contributed by atoms with E-state index in [-0.39, 0.29) is 11.8 Å². The van der Waals surface area contributed by atoms with Crippen LogP contribution >= 0.6 is 11.8 Å². The van der Waals surface area contributed by atoms with Crippen LogP contribution < -0.4 is 0 Å². The second-order valence-corrected chi connectivity index (χ2v) is 4.35. The summed E-state index contributed by atoms with van der Waals surface area (Å²) in [6.07, 6.45) is 0. The van der Waals surface area contributed by atoms with Gasteiger partial charge in [-0.2, -0.15) is 11.8 Å². The second-order valence-electron chi connectivity index (χ2n) is 3.32. The first kappa shape index (κ1) is 14.3. The fraction of sp³-hybridized carbons (Fsp3) is 0.800. The van der Waals surface area contributed by atoms with E-state index in [0.29, 0.717) is 24.6 Å². The molecule has 0 fully saturated rings. The number of hydrogen-bond acceptors (Lipinski definition) is 3. The third-order valence-corrected chi connectivity index (χ3v) is 3.32. The maximum absolute atomic E-state index is 11.5. The summed E-state index contributed by atoms with van der Waals surface area (Å²) in [5.41, 5.74) is 0. The minimum absolute atomic E-state index is 0.0857. The molecule has 0 aliphatic rings. The van der Waals surface area contributed by atoms with Gasteiger partial charge in [0.1, 0.15) is 0 Å². The molecule has 0 heterocycles. The molecule has 15 heavy (non-hydrogen) atoms. The number of carbonyl (C=O) groups excluding carboxylic acids is 1. The molecule has 0 aromatic heterocycles. The molecular weight excluding hydrogens is 214 g/mol. The zero-order valence-corrected chi connectivity index (χ0v) is 10.3. The number of aliphatic carboxylic acids is 1. The lowest BCUT2D eigenvalue weighted by molar-refractivity contribution is -0.140. The Labute approximate surface area is 95.0 Å². The maximum Gasteiger partial charge on any atom is 0.307 e. The molecule has 0 saturated heterocycles. The van der Waals surface area contributed by atoms with E-state index in [0.717, 1.165) is 0 Å². The molecule has 4 nitrogen and oxygen atoms in total. The first-order chi connectivity index (χ1) is 7.02. The monoisotopic (exact) mass is 233 g/mol. The Morgan fingerprint density at radius 2 is 1.87 bits per heavy atom. The predicted octanol–water partition coefficient (Wildman–Crippen LogP) is 1.31. The van der Waals surface area contributed by atoms with Gasteiger partial charge in [0.15, 0.2) is 0 Å². The second kappa shape index (κ2) is 7.56. The van der Waals surface area contributed by atoms with Gasteiger partial charge >= 0.3 is 5.97 Å². The smallest absolute Gasteiger partial charge is 0.307 e. The van der Waals surface area contributed by atoms with Crippen LogP contribution in [0.15, 0.2) is 0 Å². The van der Waals surface area contributed by atoms with Gasteiger partial charge < -0.3 is 10.0 Å². The molecule has 0 radical (unpaired) electrons. The molecule has 5 heteroatoms. The van der Waals surface area contributed by atoms with Crippen molar-refractivity contribution in [3.8, 4) is 0 Å². The highest BCUT2D eigenvalue weighted by Gasteiger charge is 2.13. The van der Waals surface area contributed by atoms with Gasteiger partial charge in [-0.1, -0.05) is 6.92 Å². The number of hydrogen-bond donors (Lipinski definition) is 1. The van der Waals surface area contributed by atoms with Crippen LogP contribution in [0.1, 0.15) is 20.8 Å². The Kier molecular flexibility index (Phi) is 7.21. The van der Waals surface area contributed by atoms with E-state index < -0.39 is 5.97 Å². The highest BCUT2D eigenvalue weighted by molar-refractivity contribution is 7.99. The predicted molar refractivity (Wildman–Crippen MR) is 62.1 cm³/mol. The summed E-state index contributed by atoms with van der Waals surface area (Å²) in [7, 11) is 0. The molecule has 0 bridgehead atoms. The van der Waals surface area contributed by atoms with Crippen molar-refractivity contribution in [3.63, 3.8) is 0 Å². The number of carbonyl (C=O) groups is 2. The van der Waals surface area contributed by atoms with Crippen molar-refractivity contribution < 1.29 is 14.7 Å². The van der Waals surface area contributed by atoms with Crippen LogP contribution in [-0.4, -0.2) is 46.5 Å². The topological polar surface area (TPSA) is 57.6 Å². The van der Waals surface area contributed by atoms with E-state index in [1.165, 1.54) is 11.8 Å². The third kappa shape index (κ3) is 5.67. The van der Waals surface area contributed by atoms with Crippen molar-refractivity contribution in [2.45, 2.75) is 20.8 Å². The van der Waals surface area contributed by atoms with Crippen LogP contribution in [0.2, 0.25) is 0 Å². The van der Waals surface area contributed by atoms with Crippen LogP contribution in [-0.2, 0) is 9.59 Å². The highest BCUT2D eigenvalue weighted by Crippen LogP contribution is 2.09. The minimum atomic E-state index is -0.808. The van der Waals surface area contributed by atoms with Gasteiger partial charge in [0.05, 0.1) is 11.7 Å². The summed E-state index contributed by atoms with van der Waals surface area (Å²) in [4.78, 5) is 23.8. The first-order valence-electron chi connectivity index (χ1n) is 5.11. The minimum Gasteiger partial charge on any atom is -0.481 e. The summed E-state index contributed by atoms with van der Waals surface area (Å²) in [5.74, 6) is -0.248. The Hall–Kier alpha value is -0.710. The van der Waals surface area contributed by atoms with E-state index in [2.05, 4.69) is 0 Å². The highest BCUT2D eigenvalue weighted by atomic mass is 32.2. The first-order valence-corrected chi connectivity index (χ1v) is 6.26. The molecule has 0 aliphatic heterocycles. The van der Waals surface area contributed by atoms with E-state index in [1.807, 2.05) is 13.8 Å². The molecule has 1 amide bonds. The van der Waals surface area contributed by atoms with Crippen molar-refractivity contribution >= 4 is 23.6 Å². The number of nitrogens with zero attached hydrogens (tertiary/aromatic N) is 1. The molecule has 0 aliphatic carbocycles. The fourth-order valence-electron chi connectivity index (χ4n) is 1.06. The van der Waals surface area contributed by atoms with Crippen molar-refractivity contribution in [1.29, 1.82) is 0 Å². The molecule has 1 unspecified atom stereocenters. The SMILES string of the molecule is CCN(CC)C(=O)CSCC(C)C(=O)O. The van der Waals surface area contributed by atoms with Crippen LogP contribution in [0, 0.1) is 5.92 Å². The lowest BCUT2D eigenvalue weighted by atomic mass is 10.2. The van der Waals surface area contributed by atoms with Gasteiger partial charge in [0, 0.05) is 18.8 Å². The normalized spacial score (nSPS) is 12.2. The lowest BCUT2D eigenvalue weighted by Gasteiger charge is -2.18. The van der Waals surface area contributed by atoms with Crippen LogP contribution in [0.4, 0.5) is 0 Å². The van der Waals surface area contributed by atoms with Crippen molar-refractivity contribution in [3.05, 3.63) is 0 Å². The largest absolute Gasteiger partial charge is 0.481 e. The Bertz CT molecular complexity index is 217. The summed E-state index contributed by atoms with van der Waals surface area (Å²) >= 11 is 1.38. The number of amides is 1. The summed E-state index contributed by atoms with van der Waals surface area (Å²) in [6, 6.07) is 0. The Morgan fingerprint density at radius 1 is 1.33 bits per heavy atom. The number of rotatable bonds is 7. The van der Waals surface area contributed by atoms with E-state index in [1.54, 1.807) is 11.8 Å². The molecule has 0 aromatic carbocycles. The third-order valence-electron chi connectivity index (χ3n) is 2.13. The van der Waals surface area contributed by atoms with E-state index >= 15 is 0 Å². The van der Waals surface area contributed by atoms with Gasteiger partial charge in [-0.3, -0.25) is 9.59 Å². The molecular formula is C10H19NO3S. The van der Waals surface area contributed by atoms with Crippen molar-refractivity contribution in [1.82, 2.24) is 4.90 Å². The maximum atomic E-state index is 11.5. The molecule has 0 spiro atoms. The van der Waals surface area contributed by atoms with Gasteiger partial charge in [-0.15, -0.1) is 0 Å². The zero-order valence-electron chi connectivity index (χ0n) is 9.52. The number of carboxylic acids is 1. The number of carboxylic acid groups (broad SMARTS) is 1. The van der Waals surface area contributed by atoms with Crippen LogP contribution in [0.25, 0.3) is 0 Å². The van der Waals surface area contributed by atoms with Crippen molar-refractivity contribution in [2.75, 3.05) is 24.6 Å². The molecule has 1 atom stereocenters. The van der Waals surface area contributed by atoms with E-state index in [9.17, 15) is 9.59 Å². The van der Waals surface area contributed by atoms with Crippen molar-refractivity contribution in [2.24, 2.45) is 5.92 Å². The molecule has 1 N–H and O–H groups in total. The van der Waals surface area contributed by atoms with Gasteiger partial charge in [0.2, 0.25) is 5.91 Å². The standard InChI is InChI=1S/C10H19NO3S/c1-4-11(5-2)9(12)7-15-6-8(3)10(13)14/h8H,4-7H2,1-3H3,(H,13,14). The molecule has 88 valence electrons. The molecule has 0 aromatic rings. The molecule has 0 rings (SSSR count). The van der Waals surface area contributed by atoms with Gasteiger partial charge in [0.25, 0.3) is 0 Å². The quantitative estimate of drug-likeness (QED) is 0.720. The van der Waals surface area contributed by atoms with Crippen LogP contribution in [0.3, 0.4) is 0 Å². The Balaban J connectivity index is 3.76.